The van der Waals surface area contributed by atoms with Crippen molar-refractivity contribution in [3.63, 3.8) is 0 Å². The number of rotatable bonds is 4. The highest BCUT2D eigenvalue weighted by Crippen LogP contribution is 2.36. The minimum atomic E-state index is -4.84. The number of alkyl halides is 6. The van der Waals surface area contributed by atoms with E-state index in [1.165, 1.54) is 0 Å². The molecule has 112 valence electrons. The van der Waals surface area contributed by atoms with Crippen LogP contribution in [0.4, 0.5) is 26.3 Å². The molecule has 0 saturated carbocycles. The molecule has 0 saturated heterocycles. The second kappa shape index (κ2) is 6.05. The summed E-state index contributed by atoms with van der Waals surface area (Å²) in [7, 11) is 0. The van der Waals surface area contributed by atoms with Crippen molar-refractivity contribution in [1.29, 1.82) is 0 Å². The zero-order chi connectivity index (χ0) is 15.6. The van der Waals surface area contributed by atoms with Crippen molar-refractivity contribution < 1.29 is 26.3 Å². The van der Waals surface area contributed by atoms with E-state index in [4.69, 9.17) is 11.6 Å². The Kier molecular flexibility index (Phi) is 5.10. The maximum atomic E-state index is 12.6. The predicted octanol–water partition coefficient (Wildman–Crippen LogP) is 4.57. The molecule has 0 aliphatic carbocycles. The quantitative estimate of drug-likeness (QED) is 0.802. The summed E-state index contributed by atoms with van der Waals surface area (Å²) in [4.78, 5) is 0. The van der Waals surface area contributed by atoms with Crippen LogP contribution < -0.4 is 5.32 Å². The molecule has 1 N–H and O–H groups in total. The van der Waals surface area contributed by atoms with Crippen LogP contribution in [0.15, 0.2) is 29.8 Å². The molecular formula is C12H10ClF6N. The Hall–Kier alpha value is -1.21. The molecule has 1 nitrogen and oxygen atoms in total. The molecule has 0 spiro atoms. The van der Waals surface area contributed by atoms with Crippen molar-refractivity contribution >= 4 is 11.6 Å². The Morgan fingerprint density at radius 1 is 1.00 bits per heavy atom. The zero-order valence-electron chi connectivity index (χ0n) is 10.00. The Morgan fingerprint density at radius 3 is 1.80 bits per heavy atom. The summed E-state index contributed by atoms with van der Waals surface area (Å²) >= 11 is 5.43. The molecule has 20 heavy (non-hydrogen) atoms. The van der Waals surface area contributed by atoms with Gasteiger partial charge in [0, 0.05) is 18.1 Å². The third-order valence-electron chi connectivity index (χ3n) is 2.29. The summed E-state index contributed by atoms with van der Waals surface area (Å²) in [6.07, 6.45) is -9.68. The average molecular weight is 318 g/mol. The van der Waals surface area contributed by atoms with Gasteiger partial charge in [0.15, 0.2) is 0 Å². The minimum absolute atomic E-state index is 0.0825. The third-order valence-corrected chi connectivity index (χ3v) is 2.43. The summed E-state index contributed by atoms with van der Waals surface area (Å²) in [6.45, 7) is 3.24. The van der Waals surface area contributed by atoms with Crippen LogP contribution in [0.25, 0.3) is 0 Å². The Labute approximate surface area is 116 Å². The summed E-state index contributed by atoms with van der Waals surface area (Å²) in [5.41, 5.74) is -2.81. The first kappa shape index (κ1) is 16.8. The van der Waals surface area contributed by atoms with E-state index in [0.29, 0.717) is 12.1 Å². The van der Waals surface area contributed by atoms with Gasteiger partial charge < -0.3 is 5.32 Å². The first-order valence-electron chi connectivity index (χ1n) is 5.32. The van der Waals surface area contributed by atoms with Gasteiger partial charge in [-0.3, -0.25) is 0 Å². The van der Waals surface area contributed by atoms with Crippen LogP contribution in [0.5, 0.6) is 0 Å². The molecule has 0 unspecified atom stereocenters. The molecular weight excluding hydrogens is 308 g/mol. The van der Waals surface area contributed by atoms with E-state index in [0.717, 1.165) is 0 Å². The fourth-order valence-corrected chi connectivity index (χ4v) is 1.56. The van der Waals surface area contributed by atoms with Crippen LogP contribution in [-0.2, 0) is 18.9 Å². The molecule has 0 bridgehead atoms. The lowest BCUT2D eigenvalue weighted by Gasteiger charge is -2.14. The van der Waals surface area contributed by atoms with Gasteiger partial charge >= 0.3 is 12.4 Å². The minimum Gasteiger partial charge on any atom is -0.308 e. The van der Waals surface area contributed by atoms with E-state index in [1.54, 1.807) is 0 Å². The van der Waals surface area contributed by atoms with Gasteiger partial charge in [0.1, 0.15) is 0 Å². The first-order valence-corrected chi connectivity index (χ1v) is 5.70. The van der Waals surface area contributed by atoms with Gasteiger partial charge in [0.05, 0.1) is 11.1 Å². The van der Waals surface area contributed by atoms with E-state index in [9.17, 15) is 26.3 Å². The molecule has 0 heterocycles. The van der Waals surface area contributed by atoms with Gasteiger partial charge in [0.25, 0.3) is 0 Å². The zero-order valence-corrected chi connectivity index (χ0v) is 10.8. The molecule has 0 amide bonds. The maximum absolute atomic E-state index is 12.6. The molecule has 1 aromatic rings. The highest BCUT2D eigenvalue weighted by molar-refractivity contribution is 6.29. The van der Waals surface area contributed by atoms with Gasteiger partial charge in [-0.15, -0.1) is 0 Å². The van der Waals surface area contributed by atoms with Crippen molar-refractivity contribution in [2.75, 3.05) is 6.54 Å². The Morgan fingerprint density at radius 2 is 1.45 bits per heavy atom. The smallest absolute Gasteiger partial charge is 0.308 e. The monoisotopic (exact) mass is 317 g/mol. The van der Waals surface area contributed by atoms with E-state index in [1.807, 2.05) is 0 Å². The van der Waals surface area contributed by atoms with E-state index < -0.39 is 23.5 Å². The van der Waals surface area contributed by atoms with Crippen LogP contribution in [0.1, 0.15) is 16.7 Å². The van der Waals surface area contributed by atoms with E-state index in [2.05, 4.69) is 11.9 Å². The number of nitrogens with one attached hydrogen (secondary N) is 1. The summed E-state index contributed by atoms with van der Waals surface area (Å²) < 4.78 is 75.4. The van der Waals surface area contributed by atoms with E-state index in [-0.39, 0.29) is 29.8 Å². The van der Waals surface area contributed by atoms with Gasteiger partial charge in [-0.05, 0) is 23.8 Å². The fraction of sp³-hybridized carbons (Fsp3) is 0.333. The van der Waals surface area contributed by atoms with Crippen molar-refractivity contribution in [3.8, 4) is 0 Å². The van der Waals surface area contributed by atoms with Gasteiger partial charge in [0.2, 0.25) is 0 Å². The molecule has 1 aromatic carbocycles. The number of hydrogen-bond acceptors (Lipinski definition) is 1. The summed E-state index contributed by atoms with van der Waals surface area (Å²) in [5, 5.41) is 2.79. The molecule has 0 aliphatic rings. The first-order chi connectivity index (χ1) is 9.00. The molecule has 0 radical (unpaired) electrons. The molecule has 0 aromatic heterocycles. The maximum Gasteiger partial charge on any atom is 0.416 e. The van der Waals surface area contributed by atoms with Crippen LogP contribution in [0.3, 0.4) is 0 Å². The van der Waals surface area contributed by atoms with E-state index >= 15 is 0 Å². The van der Waals surface area contributed by atoms with Crippen LogP contribution in [-0.4, -0.2) is 6.54 Å². The normalized spacial score (nSPS) is 12.6. The second-order valence-corrected chi connectivity index (χ2v) is 4.57. The average Bonchev–Trinajstić information content (AvgIpc) is 2.25. The second-order valence-electron chi connectivity index (χ2n) is 4.03. The molecule has 1 rings (SSSR count). The number of hydrogen-bond donors (Lipinski definition) is 1. The molecule has 0 aliphatic heterocycles. The SMILES string of the molecule is C=C(Cl)CNCc1cc(C(F)(F)F)cc(C(F)(F)F)c1. The highest BCUT2D eigenvalue weighted by atomic mass is 35.5. The summed E-state index contributed by atoms with van der Waals surface area (Å²) in [5.74, 6) is 0. The van der Waals surface area contributed by atoms with Gasteiger partial charge in [-0.1, -0.05) is 18.2 Å². The largest absolute Gasteiger partial charge is 0.416 e. The van der Waals surface area contributed by atoms with Gasteiger partial charge in [-0.25, -0.2) is 0 Å². The van der Waals surface area contributed by atoms with Crippen LogP contribution >= 0.6 is 11.6 Å². The Balaban J connectivity index is 3.08. The standard InChI is InChI=1S/C12H10ClF6N/c1-7(13)5-20-6-8-2-9(11(14,15)16)4-10(3-8)12(17,18)19/h2-4,20H,1,5-6H2. The topological polar surface area (TPSA) is 12.0 Å². The number of benzene rings is 1. The van der Waals surface area contributed by atoms with Crippen LogP contribution in [0, 0.1) is 0 Å². The lowest BCUT2D eigenvalue weighted by atomic mass is 10.0. The lowest BCUT2D eigenvalue weighted by molar-refractivity contribution is -0.143. The lowest BCUT2D eigenvalue weighted by Crippen LogP contribution is -2.17. The van der Waals surface area contributed by atoms with Crippen molar-refractivity contribution in [1.82, 2.24) is 5.32 Å². The van der Waals surface area contributed by atoms with Gasteiger partial charge in [-0.2, -0.15) is 26.3 Å². The predicted molar refractivity (Wildman–Crippen MR) is 63.1 cm³/mol. The molecule has 0 atom stereocenters. The fourth-order valence-electron chi connectivity index (χ4n) is 1.46. The van der Waals surface area contributed by atoms with Crippen LogP contribution in [0.2, 0.25) is 0 Å². The van der Waals surface area contributed by atoms with Crippen molar-refractivity contribution in [2.24, 2.45) is 0 Å². The van der Waals surface area contributed by atoms with Crippen molar-refractivity contribution in [2.45, 2.75) is 18.9 Å². The molecule has 8 heteroatoms. The van der Waals surface area contributed by atoms with Crippen molar-refractivity contribution in [3.05, 3.63) is 46.5 Å². The molecule has 0 fully saturated rings. The highest BCUT2D eigenvalue weighted by Gasteiger charge is 2.36. The summed E-state index contributed by atoms with van der Waals surface area (Å²) in [6, 6.07) is 1.42. The number of halogens is 7. The Bertz CT molecular complexity index is 459. The third kappa shape index (κ3) is 5.05.